The Labute approximate surface area is 156 Å². The third-order valence-corrected chi connectivity index (χ3v) is 7.24. The van der Waals surface area contributed by atoms with Gasteiger partial charge >= 0.3 is 0 Å². The van der Waals surface area contributed by atoms with Gasteiger partial charge in [-0.1, -0.05) is 31.4 Å². The van der Waals surface area contributed by atoms with Crippen LogP contribution in [0.15, 0.2) is 29.2 Å². The van der Waals surface area contributed by atoms with Crippen LogP contribution in [0.4, 0.5) is 0 Å². The van der Waals surface area contributed by atoms with E-state index in [4.69, 9.17) is 11.6 Å². The van der Waals surface area contributed by atoms with Crippen LogP contribution in [-0.4, -0.2) is 63.0 Å². The molecule has 1 aliphatic carbocycles. The highest BCUT2D eigenvalue weighted by Gasteiger charge is 2.34. The largest absolute Gasteiger partial charge is 0.301 e. The number of nitrogens with zero attached hydrogens (tertiary/aromatic N) is 2. The van der Waals surface area contributed by atoms with Crippen LogP contribution >= 0.6 is 11.6 Å². The van der Waals surface area contributed by atoms with E-state index in [1.807, 2.05) is 0 Å². The van der Waals surface area contributed by atoms with E-state index in [9.17, 15) is 8.42 Å². The summed E-state index contributed by atoms with van der Waals surface area (Å²) in [4.78, 5) is 5.23. The second-order valence-electron chi connectivity index (χ2n) is 7.00. The highest BCUT2D eigenvalue weighted by Crippen LogP contribution is 2.26. The lowest BCUT2D eigenvalue weighted by Gasteiger charge is -2.44. The molecule has 0 spiro atoms. The Morgan fingerprint density at radius 2 is 1.72 bits per heavy atom. The van der Waals surface area contributed by atoms with Crippen LogP contribution in [0, 0.1) is 0 Å². The highest BCUT2D eigenvalue weighted by atomic mass is 35.5. The first kappa shape index (κ1) is 19.1. The number of rotatable bonds is 5. The number of sulfonamides is 1. The number of nitrogens with one attached hydrogen (secondary N) is 1. The Bertz CT molecular complexity index is 657. The van der Waals surface area contributed by atoms with Gasteiger partial charge in [0, 0.05) is 43.3 Å². The van der Waals surface area contributed by atoms with Crippen LogP contribution in [0.5, 0.6) is 0 Å². The topological polar surface area (TPSA) is 52.6 Å². The molecular formula is C18H28ClN3O2S. The molecule has 1 heterocycles. The molecule has 7 heteroatoms. The fourth-order valence-electron chi connectivity index (χ4n) is 3.98. The Morgan fingerprint density at radius 1 is 1.08 bits per heavy atom. The first-order chi connectivity index (χ1) is 12.0. The van der Waals surface area contributed by atoms with Gasteiger partial charge in [-0.3, -0.25) is 4.90 Å². The maximum Gasteiger partial charge on any atom is 0.240 e. The first-order valence-electron chi connectivity index (χ1n) is 9.24. The molecule has 140 valence electrons. The molecule has 2 aliphatic rings. The number of piperazine rings is 1. The van der Waals surface area contributed by atoms with Crippen molar-refractivity contribution in [2.24, 2.45) is 0 Å². The zero-order chi connectivity index (χ0) is 17.9. The summed E-state index contributed by atoms with van der Waals surface area (Å²) in [6.45, 7) is 7.48. The Kier molecular flexibility index (Phi) is 6.39. The van der Waals surface area contributed by atoms with E-state index >= 15 is 0 Å². The average Bonchev–Trinajstić information content (AvgIpc) is 2.62. The summed E-state index contributed by atoms with van der Waals surface area (Å²) < 4.78 is 28.5. The van der Waals surface area contributed by atoms with Crippen LogP contribution in [0.1, 0.15) is 32.6 Å². The molecule has 25 heavy (non-hydrogen) atoms. The first-order valence-corrected chi connectivity index (χ1v) is 11.1. The molecule has 0 unspecified atom stereocenters. The third-order valence-electron chi connectivity index (χ3n) is 5.48. The number of likely N-dealkylation sites (N-methyl/N-ethyl adjacent to an activating group) is 1. The molecule has 1 aliphatic heterocycles. The number of benzene rings is 1. The van der Waals surface area contributed by atoms with Gasteiger partial charge in [-0.05, 0) is 43.7 Å². The van der Waals surface area contributed by atoms with Crippen LogP contribution in [0.2, 0.25) is 5.02 Å². The Morgan fingerprint density at radius 3 is 2.36 bits per heavy atom. The van der Waals surface area contributed by atoms with E-state index in [-0.39, 0.29) is 10.9 Å². The summed E-state index contributed by atoms with van der Waals surface area (Å²) in [7, 11) is -3.51. The van der Waals surface area contributed by atoms with E-state index in [2.05, 4.69) is 21.4 Å². The van der Waals surface area contributed by atoms with Gasteiger partial charge in [-0.25, -0.2) is 13.1 Å². The lowest BCUT2D eigenvalue weighted by atomic mass is 9.89. The van der Waals surface area contributed by atoms with Crippen molar-refractivity contribution >= 4 is 21.6 Å². The molecule has 0 bridgehead atoms. The lowest BCUT2D eigenvalue weighted by molar-refractivity contribution is 0.0685. The molecule has 3 rings (SSSR count). The summed E-state index contributed by atoms with van der Waals surface area (Å²) in [5, 5.41) is 0.545. The van der Waals surface area contributed by atoms with Crippen LogP contribution in [-0.2, 0) is 10.0 Å². The molecule has 0 amide bonds. The van der Waals surface area contributed by atoms with Crippen molar-refractivity contribution in [3.05, 3.63) is 29.3 Å². The molecule has 5 nitrogen and oxygen atoms in total. The fraction of sp³-hybridized carbons (Fsp3) is 0.667. The Hall–Kier alpha value is -0.660. The minimum Gasteiger partial charge on any atom is -0.301 e. The van der Waals surface area contributed by atoms with E-state index in [1.54, 1.807) is 24.3 Å². The van der Waals surface area contributed by atoms with Crippen molar-refractivity contribution < 1.29 is 8.42 Å². The molecule has 1 aromatic carbocycles. The quantitative estimate of drug-likeness (QED) is 0.846. The highest BCUT2D eigenvalue weighted by molar-refractivity contribution is 7.89. The van der Waals surface area contributed by atoms with Crippen molar-refractivity contribution in [3.63, 3.8) is 0 Å². The van der Waals surface area contributed by atoms with Gasteiger partial charge < -0.3 is 4.90 Å². The predicted molar refractivity (Wildman–Crippen MR) is 102 cm³/mol. The number of hydrogen-bond donors (Lipinski definition) is 1. The van der Waals surface area contributed by atoms with Crippen LogP contribution < -0.4 is 4.72 Å². The molecule has 1 saturated carbocycles. The maximum absolute atomic E-state index is 12.8. The standard InChI is InChI=1S/C18H28ClN3O2S/c1-2-21-11-13-22(14-12-21)18-6-4-3-5-17(18)20-25(23,24)16-9-7-15(19)8-10-16/h7-10,17-18,20H,2-6,11-14H2,1H3/t17-,18-/m0/s1. The van der Waals surface area contributed by atoms with Gasteiger partial charge in [-0.15, -0.1) is 0 Å². The van der Waals surface area contributed by atoms with Gasteiger partial charge in [0.05, 0.1) is 4.90 Å². The average molecular weight is 386 g/mol. The summed E-state index contributed by atoms with van der Waals surface area (Å²) in [5.74, 6) is 0. The molecular weight excluding hydrogens is 358 g/mol. The molecule has 1 saturated heterocycles. The molecule has 1 aromatic rings. The smallest absolute Gasteiger partial charge is 0.240 e. The SMILES string of the molecule is CCN1CCN([C@H]2CCCC[C@@H]2NS(=O)(=O)c2ccc(Cl)cc2)CC1. The van der Waals surface area contributed by atoms with E-state index in [0.29, 0.717) is 11.1 Å². The van der Waals surface area contributed by atoms with Gasteiger partial charge in [0.15, 0.2) is 0 Å². The lowest BCUT2D eigenvalue weighted by Crippen LogP contribution is -2.58. The monoisotopic (exact) mass is 385 g/mol. The second kappa shape index (κ2) is 8.35. The zero-order valence-electron chi connectivity index (χ0n) is 14.8. The van der Waals surface area contributed by atoms with Crippen molar-refractivity contribution in [2.45, 2.75) is 49.6 Å². The third kappa shape index (κ3) is 4.74. The zero-order valence-corrected chi connectivity index (χ0v) is 16.4. The van der Waals surface area contributed by atoms with Crippen molar-refractivity contribution in [2.75, 3.05) is 32.7 Å². The van der Waals surface area contributed by atoms with Crippen LogP contribution in [0.25, 0.3) is 0 Å². The molecule has 0 radical (unpaired) electrons. The van der Waals surface area contributed by atoms with Crippen molar-refractivity contribution in [1.29, 1.82) is 0 Å². The summed E-state index contributed by atoms with van der Waals surface area (Å²) in [6.07, 6.45) is 4.24. The van der Waals surface area contributed by atoms with Crippen LogP contribution in [0.3, 0.4) is 0 Å². The number of halogens is 1. The summed E-state index contributed by atoms with van der Waals surface area (Å²) in [5.41, 5.74) is 0. The molecule has 0 aromatic heterocycles. The van der Waals surface area contributed by atoms with Gasteiger partial charge in [-0.2, -0.15) is 0 Å². The van der Waals surface area contributed by atoms with Gasteiger partial charge in [0.1, 0.15) is 0 Å². The van der Waals surface area contributed by atoms with E-state index in [0.717, 1.165) is 52.0 Å². The van der Waals surface area contributed by atoms with E-state index in [1.165, 1.54) is 6.42 Å². The Balaban J connectivity index is 1.69. The number of hydrogen-bond acceptors (Lipinski definition) is 4. The van der Waals surface area contributed by atoms with Gasteiger partial charge in [0.2, 0.25) is 10.0 Å². The minimum atomic E-state index is -3.51. The van der Waals surface area contributed by atoms with Crippen molar-refractivity contribution in [3.8, 4) is 0 Å². The van der Waals surface area contributed by atoms with Gasteiger partial charge in [0.25, 0.3) is 0 Å². The second-order valence-corrected chi connectivity index (χ2v) is 9.15. The van der Waals surface area contributed by atoms with Crippen molar-refractivity contribution in [1.82, 2.24) is 14.5 Å². The summed E-state index contributed by atoms with van der Waals surface area (Å²) >= 11 is 5.88. The van der Waals surface area contributed by atoms with E-state index < -0.39 is 10.0 Å². The summed E-state index contributed by atoms with van der Waals surface area (Å²) in [6, 6.07) is 6.68. The maximum atomic E-state index is 12.8. The molecule has 2 fully saturated rings. The predicted octanol–water partition coefficient (Wildman–Crippen LogP) is 2.57. The normalized spacial score (nSPS) is 26.6. The molecule has 1 N–H and O–H groups in total. The fourth-order valence-corrected chi connectivity index (χ4v) is 5.41. The minimum absolute atomic E-state index is 0.0115. The molecule has 2 atom stereocenters.